The molecule has 0 saturated carbocycles. The molecule has 6 nitrogen and oxygen atoms in total. The number of hydrogen-bond donors (Lipinski definition) is 0. The summed E-state index contributed by atoms with van der Waals surface area (Å²) >= 11 is 0. The lowest BCUT2D eigenvalue weighted by atomic mass is 10.0. The topological polar surface area (TPSA) is 78.9 Å². The number of rotatable bonds is 54. The maximum atomic E-state index is 12.9. The second-order valence-corrected chi connectivity index (χ2v) is 19.9. The fraction of sp³-hybridized carbons (Fsp3) is 0.687. The van der Waals surface area contributed by atoms with Gasteiger partial charge in [-0.2, -0.15) is 0 Å². The monoisotopic (exact) mass is 1010 g/mol. The van der Waals surface area contributed by atoms with Crippen molar-refractivity contribution in [3.63, 3.8) is 0 Å². The number of unbranched alkanes of at least 4 members (excludes halogenated alkanes) is 25. The molecule has 0 fully saturated rings. The van der Waals surface area contributed by atoms with Crippen LogP contribution < -0.4 is 0 Å². The first-order chi connectivity index (χ1) is 36.0. The average Bonchev–Trinajstić information content (AvgIpc) is 3.39. The van der Waals surface area contributed by atoms with E-state index in [-0.39, 0.29) is 31.1 Å². The number of allylic oxidation sites excluding steroid dienone is 18. The van der Waals surface area contributed by atoms with Gasteiger partial charge in [0.15, 0.2) is 6.10 Å². The van der Waals surface area contributed by atoms with Gasteiger partial charge in [0.25, 0.3) is 0 Å². The van der Waals surface area contributed by atoms with Crippen molar-refractivity contribution in [3.8, 4) is 0 Å². The summed E-state index contributed by atoms with van der Waals surface area (Å²) < 4.78 is 16.8. The van der Waals surface area contributed by atoms with Crippen molar-refractivity contribution in [2.75, 3.05) is 13.2 Å². The van der Waals surface area contributed by atoms with Crippen LogP contribution >= 0.6 is 0 Å². The predicted octanol–water partition coefficient (Wildman–Crippen LogP) is 20.7. The number of esters is 3. The Kier molecular flexibility index (Phi) is 57.4. The highest BCUT2D eigenvalue weighted by molar-refractivity contribution is 5.71. The van der Waals surface area contributed by atoms with E-state index in [2.05, 4.69) is 130 Å². The average molecular weight is 1010 g/mol. The lowest BCUT2D eigenvalue weighted by Crippen LogP contribution is -2.30. The lowest BCUT2D eigenvalue weighted by Gasteiger charge is -2.18. The Morgan fingerprint density at radius 2 is 0.534 bits per heavy atom. The zero-order valence-corrected chi connectivity index (χ0v) is 47.6. The Hall–Kier alpha value is -3.93. The highest BCUT2D eigenvalue weighted by atomic mass is 16.6. The third-order valence-corrected chi connectivity index (χ3v) is 12.7. The van der Waals surface area contributed by atoms with Crippen molar-refractivity contribution >= 4 is 17.9 Å². The third-order valence-electron chi connectivity index (χ3n) is 12.7. The SMILES string of the molecule is CC/C=C\C/C=C\C/C=C\C/C=C\CCCCC(=O)OC[C@H](COC(=O)CCCCC/C=C\C/C=C\C/C=C\C/C=C\CCCCC)OC(=O)CCCCCCCCCCCCC/C=C\CCCCCCCC. The summed E-state index contributed by atoms with van der Waals surface area (Å²) in [5.41, 5.74) is 0. The minimum absolute atomic E-state index is 0.109. The van der Waals surface area contributed by atoms with Crippen LogP contribution in [0.25, 0.3) is 0 Å². The molecule has 0 aromatic carbocycles. The van der Waals surface area contributed by atoms with Crippen LogP contribution in [-0.2, 0) is 28.6 Å². The van der Waals surface area contributed by atoms with E-state index in [1.165, 1.54) is 128 Å². The molecule has 0 rings (SSSR count). The maximum Gasteiger partial charge on any atom is 0.306 e. The molecule has 0 aromatic heterocycles. The molecule has 0 aliphatic rings. The maximum absolute atomic E-state index is 12.9. The summed E-state index contributed by atoms with van der Waals surface area (Å²) in [7, 11) is 0. The van der Waals surface area contributed by atoms with Crippen molar-refractivity contribution in [2.24, 2.45) is 0 Å². The van der Waals surface area contributed by atoms with Gasteiger partial charge in [-0.1, -0.05) is 239 Å². The molecule has 6 heteroatoms. The molecule has 0 amide bonds. The first kappa shape index (κ1) is 69.1. The second kappa shape index (κ2) is 60.6. The summed E-state index contributed by atoms with van der Waals surface area (Å²) in [6.07, 6.45) is 82.3. The summed E-state index contributed by atoms with van der Waals surface area (Å²) in [4.78, 5) is 38.2. The second-order valence-electron chi connectivity index (χ2n) is 19.9. The fourth-order valence-electron chi connectivity index (χ4n) is 8.18. The van der Waals surface area contributed by atoms with E-state index < -0.39 is 6.10 Å². The van der Waals surface area contributed by atoms with Crippen LogP contribution in [0.2, 0.25) is 0 Å². The molecular formula is C67H112O6. The van der Waals surface area contributed by atoms with Gasteiger partial charge in [0.05, 0.1) is 0 Å². The first-order valence-corrected chi connectivity index (χ1v) is 30.4. The van der Waals surface area contributed by atoms with Crippen LogP contribution in [0, 0.1) is 0 Å². The summed E-state index contributed by atoms with van der Waals surface area (Å²) in [6.45, 7) is 6.44. The Bertz CT molecular complexity index is 1490. The van der Waals surface area contributed by atoms with Gasteiger partial charge < -0.3 is 14.2 Å². The van der Waals surface area contributed by atoms with Gasteiger partial charge in [-0.3, -0.25) is 14.4 Å². The Morgan fingerprint density at radius 1 is 0.288 bits per heavy atom. The quantitative estimate of drug-likeness (QED) is 0.0261. The Morgan fingerprint density at radius 3 is 0.918 bits per heavy atom. The Balaban J connectivity index is 4.47. The van der Waals surface area contributed by atoms with Crippen molar-refractivity contribution in [3.05, 3.63) is 109 Å². The minimum Gasteiger partial charge on any atom is -0.462 e. The molecule has 0 spiro atoms. The van der Waals surface area contributed by atoms with E-state index >= 15 is 0 Å². The molecule has 0 saturated heterocycles. The summed E-state index contributed by atoms with van der Waals surface area (Å²) in [5, 5.41) is 0. The first-order valence-electron chi connectivity index (χ1n) is 30.4. The van der Waals surface area contributed by atoms with Gasteiger partial charge in [0.2, 0.25) is 0 Å². The fourth-order valence-corrected chi connectivity index (χ4v) is 8.18. The molecule has 0 heterocycles. The molecule has 416 valence electrons. The van der Waals surface area contributed by atoms with Gasteiger partial charge in [-0.05, 0) is 128 Å². The van der Waals surface area contributed by atoms with Crippen LogP contribution in [0.3, 0.4) is 0 Å². The van der Waals surface area contributed by atoms with Crippen LogP contribution in [-0.4, -0.2) is 37.2 Å². The molecule has 0 radical (unpaired) electrons. The number of ether oxygens (including phenoxy) is 3. The van der Waals surface area contributed by atoms with E-state index in [1.54, 1.807) is 0 Å². The Labute approximate surface area is 450 Å². The highest BCUT2D eigenvalue weighted by Gasteiger charge is 2.19. The van der Waals surface area contributed by atoms with E-state index in [4.69, 9.17) is 14.2 Å². The number of carbonyl (C=O) groups is 3. The lowest BCUT2D eigenvalue weighted by molar-refractivity contribution is -0.167. The van der Waals surface area contributed by atoms with Crippen molar-refractivity contribution in [1.29, 1.82) is 0 Å². The molecule has 0 unspecified atom stereocenters. The molecule has 0 aliphatic heterocycles. The van der Waals surface area contributed by atoms with Crippen LogP contribution in [0.5, 0.6) is 0 Å². The zero-order chi connectivity index (χ0) is 52.9. The van der Waals surface area contributed by atoms with Crippen molar-refractivity contribution in [2.45, 2.75) is 284 Å². The molecule has 1 atom stereocenters. The van der Waals surface area contributed by atoms with Gasteiger partial charge in [0, 0.05) is 19.3 Å². The van der Waals surface area contributed by atoms with Gasteiger partial charge in [-0.25, -0.2) is 0 Å². The van der Waals surface area contributed by atoms with Crippen LogP contribution in [0.15, 0.2) is 109 Å². The molecule has 0 aliphatic carbocycles. The summed E-state index contributed by atoms with van der Waals surface area (Å²) in [5.74, 6) is -0.976. The normalized spacial score (nSPS) is 12.9. The molecule has 0 N–H and O–H groups in total. The van der Waals surface area contributed by atoms with E-state index in [0.717, 1.165) is 109 Å². The highest BCUT2D eigenvalue weighted by Crippen LogP contribution is 2.15. The third kappa shape index (κ3) is 58.8. The van der Waals surface area contributed by atoms with Crippen molar-refractivity contribution < 1.29 is 28.6 Å². The van der Waals surface area contributed by atoms with Gasteiger partial charge in [0.1, 0.15) is 13.2 Å². The zero-order valence-electron chi connectivity index (χ0n) is 47.6. The molecular weight excluding hydrogens is 901 g/mol. The smallest absolute Gasteiger partial charge is 0.306 e. The predicted molar refractivity (Wildman–Crippen MR) is 316 cm³/mol. The van der Waals surface area contributed by atoms with E-state index in [0.29, 0.717) is 19.3 Å². The molecule has 73 heavy (non-hydrogen) atoms. The number of carbonyl (C=O) groups excluding carboxylic acids is 3. The molecule has 0 aromatic rings. The number of hydrogen-bond acceptors (Lipinski definition) is 6. The largest absolute Gasteiger partial charge is 0.462 e. The minimum atomic E-state index is -0.811. The van der Waals surface area contributed by atoms with Gasteiger partial charge in [-0.15, -0.1) is 0 Å². The summed E-state index contributed by atoms with van der Waals surface area (Å²) in [6, 6.07) is 0. The van der Waals surface area contributed by atoms with E-state index in [9.17, 15) is 14.4 Å². The van der Waals surface area contributed by atoms with Crippen LogP contribution in [0.4, 0.5) is 0 Å². The van der Waals surface area contributed by atoms with Gasteiger partial charge >= 0.3 is 17.9 Å². The van der Waals surface area contributed by atoms with Crippen LogP contribution in [0.1, 0.15) is 278 Å². The van der Waals surface area contributed by atoms with Crippen molar-refractivity contribution in [1.82, 2.24) is 0 Å². The standard InChI is InChI=1S/C67H112O6/c1-4-7-10-13-16-19-22-25-28-30-32-33-35-37-40-43-46-49-52-55-58-61-67(70)73-64(62-71-65(68)59-56-53-50-47-44-41-38-27-24-21-18-15-12-9-6-3)63-72-66(69)60-57-54-51-48-45-42-39-36-34-31-29-26-23-20-17-14-11-8-5-2/h9,12,17-18,20-21,25-29,34,36,38,42,44-45,47,64H,4-8,10-11,13-16,19,22-24,30-33,35,37,39-41,43,46,48-63H2,1-3H3/b12-9-,20-17-,21-18-,28-25-,29-26-,36-34-,38-27-,45-42-,47-44-/t64-/m1/s1. The molecule has 0 bridgehead atoms. The van der Waals surface area contributed by atoms with E-state index in [1.807, 2.05) is 0 Å².